The Bertz CT molecular complexity index is 394. The van der Waals surface area contributed by atoms with E-state index in [0.29, 0.717) is 25.3 Å². The summed E-state index contributed by atoms with van der Waals surface area (Å²) in [6, 6.07) is 7.48. The van der Waals surface area contributed by atoms with Gasteiger partial charge in [-0.2, -0.15) is 0 Å². The molecule has 0 spiro atoms. The average Bonchev–Trinajstić information content (AvgIpc) is 2.42. The summed E-state index contributed by atoms with van der Waals surface area (Å²) in [4.78, 5) is 13.9. The van der Waals surface area contributed by atoms with E-state index in [-0.39, 0.29) is 12.5 Å². The molecule has 5 nitrogen and oxygen atoms in total. The zero-order chi connectivity index (χ0) is 14.1. The van der Waals surface area contributed by atoms with Crippen LogP contribution < -0.4 is 10.2 Å². The molecule has 19 heavy (non-hydrogen) atoms. The molecule has 0 unspecified atom stereocenters. The number of benzene rings is 1. The molecule has 0 aromatic heterocycles. The minimum absolute atomic E-state index is 0.0314. The zero-order valence-corrected chi connectivity index (χ0v) is 11.6. The second-order valence-corrected chi connectivity index (χ2v) is 4.39. The molecule has 0 bridgehead atoms. The lowest BCUT2D eigenvalue weighted by atomic mass is 10.2. The van der Waals surface area contributed by atoms with E-state index in [1.165, 1.54) is 0 Å². The molecule has 1 rings (SSSR count). The number of carbonyl (C=O) groups is 1. The lowest BCUT2D eigenvalue weighted by Gasteiger charge is -2.13. The van der Waals surface area contributed by atoms with Crippen molar-refractivity contribution >= 4 is 11.6 Å². The first-order chi connectivity index (χ1) is 9.15. The highest BCUT2D eigenvalue weighted by atomic mass is 16.5. The maximum atomic E-state index is 11.9. The molecule has 1 aromatic carbocycles. The maximum absolute atomic E-state index is 11.9. The van der Waals surface area contributed by atoms with Crippen LogP contribution in [0.3, 0.4) is 0 Å². The molecular formula is C14H22N2O3. The molecule has 1 amide bonds. The van der Waals surface area contributed by atoms with Gasteiger partial charge in [-0.15, -0.1) is 0 Å². The Morgan fingerprint density at radius 1 is 1.37 bits per heavy atom. The fourth-order valence-corrected chi connectivity index (χ4v) is 1.57. The van der Waals surface area contributed by atoms with E-state index in [2.05, 4.69) is 5.32 Å². The number of carbonyl (C=O) groups excluding carboxylic acids is 1. The van der Waals surface area contributed by atoms with E-state index in [1.54, 1.807) is 6.07 Å². The number of rotatable bonds is 8. The highest BCUT2D eigenvalue weighted by Gasteiger charge is 2.06. The summed E-state index contributed by atoms with van der Waals surface area (Å²) in [5, 5.41) is 11.4. The van der Waals surface area contributed by atoms with Gasteiger partial charge in [0.1, 0.15) is 0 Å². The number of anilines is 1. The predicted octanol–water partition coefficient (Wildman–Crippen LogP) is 0.881. The van der Waals surface area contributed by atoms with Gasteiger partial charge >= 0.3 is 0 Å². The number of hydrogen-bond acceptors (Lipinski definition) is 4. The third kappa shape index (κ3) is 5.72. The summed E-state index contributed by atoms with van der Waals surface area (Å²) < 4.78 is 5.11. The number of nitrogens with zero attached hydrogens (tertiary/aromatic N) is 1. The van der Waals surface area contributed by atoms with Crippen molar-refractivity contribution in [3.8, 4) is 0 Å². The normalized spacial score (nSPS) is 10.3. The number of hydrogen-bond donors (Lipinski definition) is 2. The molecule has 5 heteroatoms. The molecule has 0 aliphatic rings. The van der Waals surface area contributed by atoms with E-state index in [1.807, 2.05) is 37.2 Å². The van der Waals surface area contributed by atoms with Gasteiger partial charge in [-0.25, -0.2) is 0 Å². The molecule has 0 atom stereocenters. The minimum atomic E-state index is -0.0779. The molecule has 106 valence electrons. The van der Waals surface area contributed by atoms with Crippen LogP contribution in [-0.4, -0.2) is 51.5 Å². The van der Waals surface area contributed by atoms with Gasteiger partial charge in [0.2, 0.25) is 0 Å². The second-order valence-electron chi connectivity index (χ2n) is 4.39. The molecule has 1 aromatic rings. The average molecular weight is 266 g/mol. The van der Waals surface area contributed by atoms with Gasteiger partial charge < -0.3 is 20.1 Å². The first-order valence-corrected chi connectivity index (χ1v) is 6.39. The van der Waals surface area contributed by atoms with Gasteiger partial charge in [-0.05, 0) is 24.6 Å². The minimum Gasteiger partial charge on any atom is -0.394 e. The molecule has 0 aliphatic heterocycles. The van der Waals surface area contributed by atoms with Crippen molar-refractivity contribution in [1.29, 1.82) is 0 Å². The zero-order valence-electron chi connectivity index (χ0n) is 11.6. The first-order valence-electron chi connectivity index (χ1n) is 6.39. The van der Waals surface area contributed by atoms with E-state index in [0.717, 1.165) is 12.1 Å². The Morgan fingerprint density at radius 3 is 2.84 bits per heavy atom. The van der Waals surface area contributed by atoms with E-state index >= 15 is 0 Å². The van der Waals surface area contributed by atoms with E-state index in [4.69, 9.17) is 9.84 Å². The van der Waals surface area contributed by atoms with Gasteiger partial charge in [0.25, 0.3) is 5.91 Å². The summed E-state index contributed by atoms with van der Waals surface area (Å²) in [6.45, 7) is 1.48. The Labute approximate surface area is 114 Å². The van der Waals surface area contributed by atoms with Crippen LogP contribution in [0.1, 0.15) is 16.8 Å². The van der Waals surface area contributed by atoms with Gasteiger partial charge in [-0.1, -0.05) is 6.07 Å². The molecule has 0 heterocycles. The summed E-state index contributed by atoms with van der Waals surface area (Å²) in [6.07, 6.45) is 0.735. The lowest BCUT2D eigenvalue weighted by Crippen LogP contribution is -2.25. The Hall–Kier alpha value is -1.59. The maximum Gasteiger partial charge on any atom is 0.251 e. The largest absolute Gasteiger partial charge is 0.394 e. The highest BCUT2D eigenvalue weighted by molar-refractivity contribution is 5.95. The van der Waals surface area contributed by atoms with Crippen LogP contribution >= 0.6 is 0 Å². The number of aliphatic hydroxyl groups excluding tert-OH is 1. The number of nitrogens with one attached hydrogen (secondary N) is 1. The van der Waals surface area contributed by atoms with Gasteiger partial charge in [0, 0.05) is 38.5 Å². The highest BCUT2D eigenvalue weighted by Crippen LogP contribution is 2.13. The van der Waals surface area contributed by atoms with Crippen molar-refractivity contribution in [2.24, 2.45) is 0 Å². The topological polar surface area (TPSA) is 61.8 Å². The number of aliphatic hydroxyl groups is 1. The number of ether oxygens (including phenoxy) is 1. The number of amides is 1. The van der Waals surface area contributed by atoms with Crippen LogP contribution in [0.5, 0.6) is 0 Å². The Balaban J connectivity index is 2.35. The monoisotopic (exact) mass is 266 g/mol. The molecule has 0 saturated carbocycles. The summed E-state index contributed by atoms with van der Waals surface area (Å²) in [5.74, 6) is -0.0779. The molecule has 0 radical (unpaired) electrons. The molecule has 0 aliphatic carbocycles. The van der Waals surface area contributed by atoms with Crippen molar-refractivity contribution in [2.45, 2.75) is 6.42 Å². The van der Waals surface area contributed by atoms with Crippen LogP contribution in [0.25, 0.3) is 0 Å². The van der Waals surface area contributed by atoms with Gasteiger partial charge in [-0.3, -0.25) is 4.79 Å². The fraction of sp³-hybridized carbons (Fsp3) is 0.500. The summed E-state index contributed by atoms with van der Waals surface area (Å²) in [5.41, 5.74) is 1.65. The van der Waals surface area contributed by atoms with E-state index in [9.17, 15) is 4.79 Å². The molecular weight excluding hydrogens is 244 g/mol. The smallest absolute Gasteiger partial charge is 0.251 e. The van der Waals surface area contributed by atoms with Crippen LogP contribution in [0.15, 0.2) is 24.3 Å². The Morgan fingerprint density at radius 2 is 2.16 bits per heavy atom. The van der Waals surface area contributed by atoms with Crippen molar-refractivity contribution in [3.63, 3.8) is 0 Å². The van der Waals surface area contributed by atoms with Crippen molar-refractivity contribution in [1.82, 2.24) is 5.32 Å². The SMILES string of the molecule is CN(C)c1cccc(C(=O)NCCCOCCO)c1. The Kier molecular flexibility index (Phi) is 6.92. The van der Waals surface area contributed by atoms with Crippen LogP contribution in [0.4, 0.5) is 5.69 Å². The van der Waals surface area contributed by atoms with Gasteiger partial charge in [0.05, 0.1) is 13.2 Å². The van der Waals surface area contributed by atoms with Crippen LogP contribution in [0, 0.1) is 0 Å². The van der Waals surface area contributed by atoms with Crippen molar-refractivity contribution < 1.29 is 14.6 Å². The molecule has 0 saturated heterocycles. The lowest BCUT2D eigenvalue weighted by molar-refractivity contribution is 0.0867. The third-order valence-corrected chi connectivity index (χ3v) is 2.61. The second kappa shape index (κ2) is 8.50. The predicted molar refractivity (Wildman–Crippen MR) is 75.6 cm³/mol. The third-order valence-electron chi connectivity index (χ3n) is 2.61. The van der Waals surface area contributed by atoms with Crippen LogP contribution in [0.2, 0.25) is 0 Å². The van der Waals surface area contributed by atoms with Gasteiger partial charge in [0.15, 0.2) is 0 Å². The van der Waals surface area contributed by atoms with E-state index < -0.39 is 0 Å². The molecule has 2 N–H and O–H groups in total. The van der Waals surface area contributed by atoms with Crippen molar-refractivity contribution in [2.75, 3.05) is 45.4 Å². The standard InChI is InChI=1S/C14H22N2O3/c1-16(2)13-6-3-5-12(11-13)14(18)15-7-4-9-19-10-8-17/h3,5-6,11,17H,4,7-10H2,1-2H3,(H,15,18). The summed E-state index contributed by atoms with van der Waals surface area (Å²) >= 11 is 0. The molecule has 0 fully saturated rings. The van der Waals surface area contributed by atoms with Crippen molar-refractivity contribution in [3.05, 3.63) is 29.8 Å². The first kappa shape index (κ1) is 15.5. The fourth-order valence-electron chi connectivity index (χ4n) is 1.57. The van der Waals surface area contributed by atoms with Crippen LogP contribution in [-0.2, 0) is 4.74 Å². The summed E-state index contributed by atoms with van der Waals surface area (Å²) in [7, 11) is 3.88. The quantitative estimate of drug-likeness (QED) is 0.686.